The molecule has 0 aliphatic rings. The van der Waals surface area contributed by atoms with Crippen molar-refractivity contribution < 1.29 is 0 Å². The molecule has 0 bridgehead atoms. The molecule has 0 N–H and O–H groups in total. The first-order valence-corrected chi connectivity index (χ1v) is 5.90. The molecule has 62 valence electrons. The van der Waals surface area contributed by atoms with Crippen molar-refractivity contribution in [3.8, 4) is 0 Å². The molecule has 0 fully saturated rings. The molecule has 10 heavy (non-hydrogen) atoms. The maximum absolute atomic E-state index is 3.64. The summed E-state index contributed by atoms with van der Waals surface area (Å²) in [6.07, 6.45) is 3.89. The van der Waals surface area contributed by atoms with Crippen LogP contribution in [0.5, 0.6) is 0 Å². The summed E-state index contributed by atoms with van der Waals surface area (Å²) in [6, 6.07) is 0. The Kier molecular flexibility index (Phi) is 7.30. The first-order valence-electron chi connectivity index (χ1n) is 3.86. The molecular formula is C8H16Br2. The lowest BCUT2D eigenvalue weighted by Crippen LogP contribution is -2.00. The quantitative estimate of drug-likeness (QED) is 0.664. The summed E-state index contributed by atoms with van der Waals surface area (Å²) in [5.74, 6) is 0.843. The van der Waals surface area contributed by atoms with Crippen molar-refractivity contribution in [2.24, 2.45) is 5.92 Å². The molecule has 0 heterocycles. The first-order chi connectivity index (χ1) is 4.66. The van der Waals surface area contributed by atoms with Crippen LogP contribution < -0.4 is 0 Å². The highest BCUT2D eigenvalue weighted by Gasteiger charge is 2.03. The van der Waals surface area contributed by atoms with E-state index in [1.165, 1.54) is 19.3 Å². The smallest absolute Gasteiger partial charge is 0.0153 e. The van der Waals surface area contributed by atoms with Gasteiger partial charge in [-0.15, -0.1) is 0 Å². The van der Waals surface area contributed by atoms with Gasteiger partial charge in [-0.05, 0) is 25.2 Å². The fourth-order valence-corrected chi connectivity index (χ4v) is 2.44. The van der Waals surface area contributed by atoms with Crippen molar-refractivity contribution in [2.75, 3.05) is 5.33 Å². The van der Waals surface area contributed by atoms with E-state index in [1.54, 1.807) is 0 Å². The molecule has 0 saturated heterocycles. The van der Waals surface area contributed by atoms with Gasteiger partial charge in [0.25, 0.3) is 0 Å². The zero-order valence-electron chi connectivity index (χ0n) is 6.74. The van der Waals surface area contributed by atoms with Crippen LogP contribution in [0.4, 0.5) is 0 Å². The molecule has 0 saturated carbocycles. The van der Waals surface area contributed by atoms with E-state index < -0.39 is 0 Å². The van der Waals surface area contributed by atoms with Gasteiger partial charge in [-0.3, -0.25) is 0 Å². The molecule has 0 aromatic rings. The lowest BCUT2D eigenvalue weighted by molar-refractivity contribution is 0.545. The Morgan fingerprint density at radius 2 is 1.70 bits per heavy atom. The second-order valence-electron chi connectivity index (χ2n) is 3.05. The van der Waals surface area contributed by atoms with Gasteiger partial charge in [0, 0.05) is 10.2 Å². The van der Waals surface area contributed by atoms with E-state index in [1.807, 2.05) is 0 Å². The molecule has 0 aromatic heterocycles. The van der Waals surface area contributed by atoms with Gasteiger partial charge in [-0.25, -0.2) is 0 Å². The van der Waals surface area contributed by atoms with Gasteiger partial charge < -0.3 is 0 Å². The van der Waals surface area contributed by atoms with Crippen LogP contribution in [-0.2, 0) is 0 Å². The zero-order chi connectivity index (χ0) is 7.98. The van der Waals surface area contributed by atoms with Crippen LogP contribution >= 0.6 is 31.9 Å². The summed E-state index contributed by atoms with van der Waals surface area (Å²) < 4.78 is 0. The van der Waals surface area contributed by atoms with Crippen molar-refractivity contribution in [3.63, 3.8) is 0 Å². The molecule has 0 spiro atoms. The molecule has 0 rings (SSSR count). The third-order valence-corrected chi connectivity index (χ3v) is 2.85. The Morgan fingerprint density at radius 1 is 1.10 bits per heavy atom. The summed E-state index contributed by atoms with van der Waals surface area (Å²) in [6.45, 7) is 4.54. The summed E-state index contributed by atoms with van der Waals surface area (Å²) in [7, 11) is 0. The Labute approximate surface area is 81.0 Å². The standard InChI is InChI=1S/C8H16Br2/c1-7(2)3-4-8(10)5-6-9/h7-8H,3-6H2,1-2H3/t8-/m0/s1. The first kappa shape index (κ1) is 11.0. The lowest BCUT2D eigenvalue weighted by Gasteiger charge is -2.08. The van der Waals surface area contributed by atoms with Gasteiger partial charge in [-0.2, -0.15) is 0 Å². The second kappa shape index (κ2) is 6.66. The van der Waals surface area contributed by atoms with Crippen LogP contribution in [0.3, 0.4) is 0 Å². The predicted octanol–water partition coefficient (Wildman–Crippen LogP) is 3.97. The number of rotatable bonds is 5. The average Bonchev–Trinajstić information content (AvgIpc) is 1.85. The highest BCUT2D eigenvalue weighted by Crippen LogP contribution is 2.16. The van der Waals surface area contributed by atoms with Crippen molar-refractivity contribution in [2.45, 2.75) is 37.9 Å². The van der Waals surface area contributed by atoms with Gasteiger partial charge in [0.15, 0.2) is 0 Å². The minimum atomic E-state index is 0.717. The molecule has 0 aliphatic heterocycles. The Hall–Kier alpha value is 0.960. The van der Waals surface area contributed by atoms with Crippen LogP contribution in [0.15, 0.2) is 0 Å². The van der Waals surface area contributed by atoms with Gasteiger partial charge in [0.05, 0.1) is 0 Å². The van der Waals surface area contributed by atoms with Crippen molar-refractivity contribution in [3.05, 3.63) is 0 Å². The van der Waals surface area contributed by atoms with Crippen LogP contribution in [0.1, 0.15) is 33.1 Å². The second-order valence-corrected chi connectivity index (χ2v) is 5.13. The predicted molar refractivity (Wildman–Crippen MR) is 55.2 cm³/mol. The Bertz CT molecular complexity index is 71.7. The highest BCUT2D eigenvalue weighted by atomic mass is 79.9. The molecule has 0 radical (unpaired) electrons. The average molecular weight is 272 g/mol. The van der Waals surface area contributed by atoms with E-state index in [4.69, 9.17) is 0 Å². The topological polar surface area (TPSA) is 0 Å². The zero-order valence-corrected chi connectivity index (χ0v) is 9.91. The SMILES string of the molecule is CC(C)CC[C@H](Br)CCBr. The molecule has 0 unspecified atom stereocenters. The highest BCUT2D eigenvalue weighted by molar-refractivity contribution is 9.10. The normalized spacial score (nSPS) is 14.1. The maximum Gasteiger partial charge on any atom is 0.0153 e. The summed E-state index contributed by atoms with van der Waals surface area (Å²) in [5.41, 5.74) is 0. The third kappa shape index (κ3) is 7.07. The number of hydrogen-bond acceptors (Lipinski definition) is 0. The molecule has 0 aromatic carbocycles. The summed E-state index contributed by atoms with van der Waals surface area (Å²) >= 11 is 7.06. The van der Waals surface area contributed by atoms with Crippen LogP contribution in [0.2, 0.25) is 0 Å². The van der Waals surface area contributed by atoms with E-state index in [-0.39, 0.29) is 0 Å². The van der Waals surface area contributed by atoms with E-state index >= 15 is 0 Å². The Morgan fingerprint density at radius 3 is 2.10 bits per heavy atom. The van der Waals surface area contributed by atoms with E-state index in [0.29, 0.717) is 4.83 Å². The number of alkyl halides is 2. The van der Waals surface area contributed by atoms with E-state index in [9.17, 15) is 0 Å². The number of hydrogen-bond donors (Lipinski definition) is 0. The Balaban J connectivity index is 3.12. The molecule has 0 aliphatic carbocycles. The van der Waals surface area contributed by atoms with Crippen molar-refractivity contribution in [1.29, 1.82) is 0 Å². The fraction of sp³-hybridized carbons (Fsp3) is 1.00. The molecular weight excluding hydrogens is 256 g/mol. The monoisotopic (exact) mass is 270 g/mol. The van der Waals surface area contributed by atoms with Gasteiger partial charge in [0.2, 0.25) is 0 Å². The van der Waals surface area contributed by atoms with Crippen molar-refractivity contribution >= 4 is 31.9 Å². The molecule has 0 amide bonds. The van der Waals surface area contributed by atoms with Gasteiger partial charge in [-0.1, -0.05) is 45.7 Å². The third-order valence-electron chi connectivity index (χ3n) is 1.48. The van der Waals surface area contributed by atoms with Crippen LogP contribution in [0, 0.1) is 5.92 Å². The van der Waals surface area contributed by atoms with E-state index in [2.05, 4.69) is 45.7 Å². The molecule has 0 nitrogen and oxygen atoms in total. The minimum absolute atomic E-state index is 0.717. The molecule has 2 heteroatoms. The van der Waals surface area contributed by atoms with Crippen LogP contribution in [0.25, 0.3) is 0 Å². The van der Waals surface area contributed by atoms with Crippen LogP contribution in [-0.4, -0.2) is 10.2 Å². The van der Waals surface area contributed by atoms with Gasteiger partial charge in [0.1, 0.15) is 0 Å². The largest absolute Gasteiger partial charge is 0.0928 e. The summed E-state index contributed by atoms with van der Waals surface area (Å²) in [4.78, 5) is 0.717. The fourth-order valence-electron chi connectivity index (χ4n) is 0.777. The maximum atomic E-state index is 3.64. The van der Waals surface area contributed by atoms with Gasteiger partial charge >= 0.3 is 0 Å². The lowest BCUT2D eigenvalue weighted by atomic mass is 10.1. The minimum Gasteiger partial charge on any atom is -0.0928 e. The molecule has 1 atom stereocenters. The number of halogens is 2. The van der Waals surface area contributed by atoms with E-state index in [0.717, 1.165) is 11.2 Å². The van der Waals surface area contributed by atoms with Crippen molar-refractivity contribution in [1.82, 2.24) is 0 Å². The summed E-state index contributed by atoms with van der Waals surface area (Å²) in [5, 5.41) is 1.11.